The highest BCUT2D eigenvalue weighted by Gasteiger charge is 2.62. The first-order chi connectivity index (χ1) is 23.7. The number of amides is 3. The number of benzene rings is 4. The molecule has 1 aliphatic carbocycles. The number of carbonyl (C=O) groups is 3. The molecule has 3 N–H and O–H groups in total. The summed E-state index contributed by atoms with van der Waals surface area (Å²) in [5.74, 6) is -3.94. The monoisotopic (exact) mass is 739 g/mol. The fourth-order valence-electron chi connectivity index (χ4n) is 7.30. The highest BCUT2D eigenvalue weighted by molar-refractivity contribution is 7.90. The normalized spacial score (nSPS) is 22.3. The van der Waals surface area contributed by atoms with Crippen molar-refractivity contribution in [3.05, 3.63) is 123 Å². The van der Waals surface area contributed by atoms with Gasteiger partial charge in [0.05, 0.1) is 10.9 Å². The Hall–Kier alpha value is -4.52. The van der Waals surface area contributed by atoms with E-state index in [4.69, 9.17) is 27.9 Å². The van der Waals surface area contributed by atoms with Crippen LogP contribution in [0.1, 0.15) is 59.9 Å². The van der Waals surface area contributed by atoms with Crippen molar-refractivity contribution >= 4 is 56.6 Å². The van der Waals surface area contributed by atoms with Crippen LogP contribution in [-0.4, -0.2) is 31.7 Å². The molecule has 1 saturated carbocycles. The van der Waals surface area contributed by atoms with Crippen LogP contribution in [0, 0.1) is 18.6 Å². The molecule has 1 spiro atoms. The molecule has 0 bridgehead atoms. The third-order valence-corrected chi connectivity index (χ3v) is 11.7. The van der Waals surface area contributed by atoms with E-state index >= 15 is 0 Å². The topological polar surface area (TPSA) is 131 Å². The highest BCUT2D eigenvalue weighted by Crippen LogP contribution is 2.59. The van der Waals surface area contributed by atoms with Crippen molar-refractivity contribution in [2.75, 3.05) is 5.32 Å². The minimum Gasteiger partial charge on any atom is -0.477 e. The molecule has 1 saturated heterocycles. The summed E-state index contributed by atoms with van der Waals surface area (Å²) in [6.45, 7) is 1.75. The fraction of sp³-hybridized carbons (Fsp3) is 0.250. The van der Waals surface area contributed by atoms with Gasteiger partial charge in [-0.05, 0) is 110 Å². The molecule has 3 atom stereocenters. The number of ether oxygens (including phenoxy) is 1. The molecule has 1 unspecified atom stereocenters. The number of sulfonamides is 1. The molecular weight excluding hydrogens is 711 g/mol. The van der Waals surface area contributed by atoms with Crippen LogP contribution in [0.5, 0.6) is 5.75 Å². The molecule has 2 heterocycles. The Bertz CT molecular complexity index is 2200. The Morgan fingerprint density at radius 3 is 2.28 bits per heavy atom. The third kappa shape index (κ3) is 5.59. The predicted molar refractivity (Wildman–Crippen MR) is 182 cm³/mol. The molecule has 3 amide bonds. The van der Waals surface area contributed by atoms with Crippen molar-refractivity contribution in [3.63, 3.8) is 0 Å². The van der Waals surface area contributed by atoms with E-state index in [2.05, 4.69) is 15.4 Å². The van der Waals surface area contributed by atoms with Crippen molar-refractivity contribution in [2.45, 2.75) is 60.5 Å². The van der Waals surface area contributed by atoms with Crippen LogP contribution in [0.4, 0.5) is 14.5 Å². The lowest BCUT2D eigenvalue weighted by molar-refractivity contribution is -0.142. The highest BCUT2D eigenvalue weighted by atomic mass is 35.5. The number of anilines is 1. The van der Waals surface area contributed by atoms with Crippen molar-refractivity contribution < 1.29 is 36.3 Å². The van der Waals surface area contributed by atoms with Gasteiger partial charge in [0.1, 0.15) is 22.8 Å². The molecule has 3 aliphatic rings. The van der Waals surface area contributed by atoms with E-state index in [1.54, 1.807) is 37.3 Å². The van der Waals surface area contributed by atoms with E-state index in [9.17, 15) is 31.6 Å². The zero-order valence-corrected chi connectivity index (χ0v) is 28.7. The number of hydrogen-bond donors (Lipinski definition) is 3. The van der Waals surface area contributed by atoms with Crippen molar-refractivity contribution in [1.29, 1.82) is 0 Å². The first-order valence-electron chi connectivity index (χ1n) is 15.7. The molecule has 7 rings (SSSR count). The molecule has 9 nitrogen and oxygen atoms in total. The van der Waals surface area contributed by atoms with Gasteiger partial charge in [0.25, 0.3) is 15.9 Å². The van der Waals surface area contributed by atoms with Crippen LogP contribution >= 0.6 is 23.2 Å². The zero-order chi connectivity index (χ0) is 35.6. The maximum atomic E-state index is 14.8. The summed E-state index contributed by atoms with van der Waals surface area (Å²) < 4.78 is 63.1. The Kier molecular flexibility index (Phi) is 8.39. The summed E-state index contributed by atoms with van der Waals surface area (Å²) in [6, 6.07) is 16.6. The summed E-state index contributed by atoms with van der Waals surface area (Å²) in [6.07, 6.45) is 0.626. The zero-order valence-electron chi connectivity index (χ0n) is 26.4. The minimum absolute atomic E-state index is 0.104. The lowest BCUT2D eigenvalue weighted by Gasteiger charge is -2.47. The van der Waals surface area contributed by atoms with Gasteiger partial charge in [-0.3, -0.25) is 14.4 Å². The van der Waals surface area contributed by atoms with Gasteiger partial charge in [0.15, 0.2) is 5.60 Å². The molecule has 2 fully saturated rings. The lowest BCUT2D eigenvalue weighted by atomic mass is 9.59. The van der Waals surface area contributed by atoms with Crippen LogP contribution in [-0.2, 0) is 29.8 Å². The molecule has 0 radical (unpaired) electrons. The van der Waals surface area contributed by atoms with Gasteiger partial charge in [-0.25, -0.2) is 21.9 Å². The van der Waals surface area contributed by atoms with E-state index in [1.807, 2.05) is 0 Å². The molecular formula is C36H29Cl2F2N3O6S. The van der Waals surface area contributed by atoms with E-state index in [0.29, 0.717) is 39.4 Å². The molecule has 2 aliphatic heterocycles. The molecule has 4 aromatic carbocycles. The van der Waals surface area contributed by atoms with Crippen LogP contribution in [0.25, 0.3) is 0 Å². The summed E-state index contributed by atoms with van der Waals surface area (Å²) >= 11 is 12.9. The van der Waals surface area contributed by atoms with E-state index in [1.165, 1.54) is 24.3 Å². The SMILES string of the molecule is Cc1ccc(F)cc1[C@@H]1NC(=O)C[C@H](c2cc(Cl)ccc2OC2(C(=O)NS(=O)(=O)c3ccc(F)cc3)CCC2)C12C(=O)Nc1cc(Cl)ccc12. The Balaban J connectivity index is 1.36. The number of halogens is 4. The predicted octanol–water partition coefficient (Wildman–Crippen LogP) is 6.62. The first kappa shape index (κ1) is 34.0. The molecule has 258 valence electrons. The standard InChI is InChI=1S/C36H29Cl2F2N3O6S/c1-19-3-6-23(40)17-25(19)32-36(27-11-4-21(38)16-29(27)41-34(36)46)28(18-31(44)42-32)26-15-20(37)5-12-30(26)49-35(13-2-14-35)33(45)43-50(47,48)24-9-7-22(39)8-10-24/h3-12,15-17,28,32H,2,13-14,18H2,1H3,(H,41,46)(H,42,44)(H,43,45)/t28-,32+,36?/m1/s1. The van der Waals surface area contributed by atoms with Crippen LogP contribution in [0.15, 0.2) is 83.8 Å². The first-order valence-corrected chi connectivity index (χ1v) is 18.0. The average Bonchev–Trinajstić information content (AvgIpc) is 3.32. The van der Waals surface area contributed by atoms with Gasteiger partial charge >= 0.3 is 0 Å². The average molecular weight is 741 g/mol. The largest absolute Gasteiger partial charge is 0.477 e. The van der Waals surface area contributed by atoms with E-state index < -0.39 is 62.4 Å². The minimum atomic E-state index is -4.40. The fourth-order valence-corrected chi connectivity index (χ4v) is 8.69. The second kappa shape index (κ2) is 12.4. The summed E-state index contributed by atoms with van der Waals surface area (Å²) in [4.78, 5) is 41.6. The molecule has 4 aromatic rings. The number of piperidine rings is 1. The van der Waals surface area contributed by atoms with Gasteiger partial charge in [-0.2, -0.15) is 0 Å². The van der Waals surface area contributed by atoms with Crippen LogP contribution in [0.3, 0.4) is 0 Å². The van der Waals surface area contributed by atoms with Gasteiger partial charge in [0.2, 0.25) is 11.8 Å². The van der Waals surface area contributed by atoms with Crippen molar-refractivity contribution in [1.82, 2.24) is 10.0 Å². The Labute approximate surface area is 296 Å². The quantitative estimate of drug-likeness (QED) is 0.195. The second-order valence-electron chi connectivity index (χ2n) is 12.8. The van der Waals surface area contributed by atoms with Crippen molar-refractivity contribution in [3.8, 4) is 5.75 Å². The maximum absolute atomic E-state index is 14.8. The van der Waals surface area contributed by atoms with E-state index in [0.717, 1.165) is 24.3 Å². The molecule has 14 heteroatoms. The summed E-state index contributed by atoms with van der Waals surface area (Å²) in [7, 11) is -4.40. The number of aryl methyl sites for hydroxylation is 1. The van der Waals surface area contributed by atoms with E-state index in [-0.39, 0.29) is 34.9 Å². The van der Waals surface area contributed by atoms with Gasteiger partial charge < -0.3 is 15.4 Å². The van der Waals surface area contributed by atoms with Crippen molar-refractivity contribution in [2.24, 2.45) is 0 Å². The maximum Gasteiger partial charge on any atom is 0.277 e. The Morgan fingerprint density at radius 1 is 0.900 bits per heavy atom. The number of rotatable bonds is 7. The number of carbonyl (C=O) groups excluding carboxylic acids is 3. The molecule has 0 aromatic heterocycles. The number of nitrogens with one attached hydrogen (secondary N) is 3. The smallest absolute Gasteiger partial charge is 0.277 e. The summed E-state index contributed by atoms with van der Waals surface area (Å²) in [5, 5.41) is 6.48. The van der Waals surface area contributed by atoms with Gasteiger partial charge in [-0.15, -0.1) is 0 Å². The third-order valence-electron chi connectivity index (χ3n) is 9.88. The lowest BCUT2D eigenvalue weighted by Crippen LogP contribution is -2.58. The second-order valence-corrected chi connectivity index (χ2v) is 15.3. The number of fused-ring (bicyclic) bond motifs is 2. The van der Waals surface area contributed by atoms with Gasteiger partial charge in [0, 0.05) is 33.6 Å². The Morgan fingerprint density at radius 2 is 1.58 bits per heavy atom. The van der Waals surface area contributed by atoms with Crippen LogP contribution in [0.2, 0.25) is 10.0 Å². The molecule has 50 heavy (non-hydrogen) atoms. The number of hydrogen-bond acceptors (Lipinski definition) is 6. The summed E-state index contributed by atoms with van der Waals surface area (Å²) in [5.41, 5.74) is -0.998. The van der Waals surface area contributed by atoms with Crippen LogP contribution < -0.4 is 20.1 Å². The van der Waals surface area contributed by atoms with Gasteiger partial charge in [-0.1, -0.05) is 35.3 Å².